The van der Waals surface area contributed by atoms with Crippen molar-refractivity contribution < 1.29 is 13.2 Å². The van der Waals surface area contributed by atoms with E-state index in [1.165, 1.54) is 0 Å². The summed E-state index contributed by atoms with van der Waals surface area (Å²) >= 11 is 0. The van der Waals surface area contributed by atoms with Crippen molar-refractivity contribution in [2.45, 2.75) is 32.7 Å². The smallest absolute Gasteiger partial charge is 0.243 e. The first-order chi connectivity index (χ1) is 7.34. The number of rotatable bonds is 1. The van der Waals surface area contributed by atoms with Crippen molar-refractivity contribution in [2.24, 2.45) is 5.41 Å². The van der Waals surface area contributed by atoms with Crippen molar-refractivity contribution in [2.75, 3.05) is 18.8 Å². The molecule has 6 heteroatoms. The van der Waals surface area contributed by atoms with E-state index < -0.39 is 15.4 Å². The summed E-state index contributed by atoms with van der Waals surface area (Å²) in [4.78, 5) is 12.1. The number of piperidine rings is 1. The topological polar surface area (TPSA) is 66.5 Å². The average molecular weight is 246 g/mol. The van der Waals surface area contributed by atoms with Crippen LogP contribution >= 0.6 is 0 Å². The molecule has 2 saturated heterocycles. The monoisotopic (exact) mass is 246 g/mol. The Kier molecular flexibility index (Phi) is 2.74. The van der Waals surface area contributed by atoms with Gasteiger partial charge in [-0.25, -0.2) is 12.7 Å². The van der Waals surface area contributed by atoms with Crippen LogP contribution in [0.4, 0.5) is 0 Å². The van der Waals surface area contributed by atoms with Crippen molar-refractivity contribution in [1.29, 1.82) is 0 Å². The minimum atomic E-state index is -3.39. The summed E-state index contributed by atoms with van der Waals surface area (Å²) in [5.41, 5.74) is -0.760. The highest BCUT2D eigenvalue weighted by atomic mass is 32.2. The second-order valence-electron chi connectivity index (χ2n) is 5.22. The number of carbonyl (C=O) groups is 1. The number of hydrogen-bond acceptors (Lipinski definition) is 4. The Morgan fingerprint density at radius 3 is 2.31 bits per heavy atom. The summed E-state index contributed by atoms with van der Waals surface area (Å²) in [7, 11) is -3.39. The molecule has 0 radical (unpaired) electrons. The molecule has 2 rings (SSSR count). The van der Waals surface area contributed by atoms with Gasteiger partial charge in [0.05, 0.1) is 17.2 Å². The van der Waals surface area contributed by atoms with E-state index in [0.717, 1.165) is 30.2 Å². The van der Waals surface area contributed by atoms with Gasteiger partial charge in [-0.3, -0.25) is 4.79 Å². The predicted molar refractivity (Wildman–Crippen MR) is 60.3 cm³/mol. The Hall–Kier alpha value is -0.620. The van der Waals surface area contributed by atoms with Crippen LogP contribution in [-0.2, 0) is 14.8 Å². The number of hydrogen-bond donors (Lipinski definition) is 1. The summed E-state index contributed by atoms with van der Waals surface area (Å²) < 4.78 is 25.1. The third-order valence-electron chi connectivity index (χ3n) is 3.26. The molecule has 1 N–H and O–H groups in total. The molecular formula is C10H18N2O3S. The summed E-state index contributed by atoms with van der Waals surface area (Å²) in [6, 6.07) is -0.138. The van der Waals surface area contributed by atoms with Crippen molar-refractivity contribution in [3.8, 4) is 0 Å². The molecule has 1 amide bonds. The van der Waals surface area contributed by atoms with Crippen LogP contribution < -0.4 is 5.32 Å². The molecule has 0 aromatic rings. The Labute approximate surface area is 96.2 Å². The molecule has 92 valence electrons. The van der Waals surface area contributed by atoms with Gasteiger partial charge in [0.1, 0.15) is 0 Å². The van der Waals surface area contributed by atoms with Gasteiger partial charge in [-0.15, -0.1) is 0 Å². The Morgan fingerprint density at radius 2 is 1.88 bits per heavy atom. The van der Waals surface area contributed by atoms with Crippen LogP contribution in [0, 0.1) is 5.41 Å². The fourth-order valence-corrected chi connectivity index (χ4v) is 4.79. The van der Waals surface area contributed by atoms with Crippen LogP contribution in [0.5, 0.6) is 0 Å². The van der Waals surface area contributed by atoms with Gasteiger partial charge in [-0.1, -0.05) is 0 Å². The molecule has 0 saturated carbocycles. The van der Waals surface area contributed by atoms with Crippen LogP contribution in [0.25, 0.3) is 0 Å². The summed E-state index contributed by atoms with van der Waals surface area (Å²) in [5, 5.41) is 3.17. The molecule has 0 aromatic carbocycles. The first kappa shape index (κ1) is 11.9. The Morgan fingerprint density at radius 1 is 1.31 bits per heavy atom. The molecule has 16 heavy (non-hydrogen) atoms. The van der Waals surface area contributed by atoms with Crippen molar-refractivity contribution in [1.82, 2.24) is 9.62 Å². The van der Waals surface area contributed by atoms with Crippen LogP contribution in [-0.4, -0.2) is 43.5 Å². The first-order valence-corrected chi connectivity index (χ1v) is 7.23. The second kappa shape index (κ2) is 3.70. The zero-order valence-electron chi connectivity index (χ0n) is 9.69. The number of sulfonamides is 1. The predicted octanol–water partition coefficient (Wildman–Crippen LogP) is -0.0634. The minimum Gasteiger partial charge on any atom is -0.317 e. The minimum absolute atomic E-state index is 0.0528. The molecule has 2 aliphatic rings. The lowest BCUT2D eigenvalue weighted by molar-refractivity contribution is -0.134. The van der Waals surface area contributed by atoms with Gasteiger partial charge in [0.2, 0.25) is 15.9 Å². The molecule has 5 nitrogen and oxygen atoms in total. The third-order valence-corrected chi connectivity index (χ3v) is 5.41. The average Bonchev–Trinajstić information content (AvgIpc) is 2.33. The zero-order valence-corrected chi connectivity index (χ0v) is 10.5. The van der Waals surface area contributed by atoms with E-state index in [1.54, 1.807) is 13.8 Å². The lowest BCUT2D eigenvalue weighted by atomic mass is 9.94. The van der Waals surface area contributed by atoms with Gasteiger partial charge in [0.15, 0.2) is 0 Å². The largest absolute Gasteiger partial charge is 0.317 e. The van der Waals surface area contributed by atoms with Crippen LogP contribution in [0.15, 0.2) is 0 Å². The lowest BCUT2D eigenvalue weighted by Gasteiger charge is -2.30. The number of nitrogens with zero attached hydrogens (tertiary/aromatic N) is 1. The summed E-state index contributed by atoms with van der Waals surface area (Å²) in [5.74, 6) is -0.289. The highest BCUT2D eigenvalue weighted by molar-refractivity contribution is 7.90. The first-order valence-electron chi connectivity index (χ1n) is 5.62. The summed E-state index contributed by atoms with van der Waals surface area (Å²) in [6.45, 7) is 4.97. The van der Waals surface area contributed by atoms with E-state index in [4.69, 9.17) is 0 Å². The summed E-state index contributed by atoms with van der Waals surface area (Å²) in [6.07, 6.45) is 1.45. The fourth-order valence-electron chi connectivity index (χ4n) is 2.45. The molecule has 2 aliphatic heterocycles. The molecule has 2 fully saturated rings. The van der Waals surface area contributed by atoms with Gasteiger partial charge in [-0.2, -0.15) is 0 Å². The Balaban J connectivity index is 2.29. The van der Waals surface area contributed by atoms with Gasteiger partial charge >= 0.3 is 0 Å². The van der Waals surface area contributed by atoms with Crippen LogP contribution in [0.1, 0.15) is 26.7 Å². The molecule has 0 atom stereocenters. The van der Waals surface area contributed by atoms with E-state index in [1.807, 2.05) is 0 Å². The molecule has 0 aromatic heterocycles. The van der Waals surface area contributed by atoms with E-state index in [0.29, 0.717) is 0 Å². The normalized spacial score (nSPS) is 29.6. The van der Waals surface area contributed by atoms with Gasteiger partial charge in [0.25, 0.3) is 0 Å². The van der Waals surface area contributed by atoms with E-state index in [-0.39, 0.29) is 17.7 Å². The third kappa shape index (κ3) is 1.84. The van der Waals surface area contributed by atoms with Crippen LogP contribution in [0.3, 0.4) is 0 Å². The number of amides is 1. The maximum atomic E-state index is 12.1. The number of carbonyl (C=O) groups excluding carboxylic acids is 1. The molecule has 0 unspecified atom stereocenters. The Bertz CT molecular complexity index is 396. The fraction of sp³-hybridized carbons (Fsp3) is 0.900. The van der Waals surface area contributed by atoms with Gasteiger partial charge in [-0.05, 0) is 39.8 Å². The maximum absolute atomic E-state index is 12.1. The van der Waals surface area contributed by atoms with Crippen molar-refractivity contribution in [3.63, 3.8) is 0 Å². The lowest BCUT2D eigenvalue weighted by Crippen LogP contribution is -2.46. The van der Waals surface area contributed by atoms with E-state index in [2.05, 4.69) is 5.32 Å². The van der Waals surface area contributed by atoms with Crippen molar-refractivity contribution >= 4 is 15.9 Å². The standard InChI is InChI=1S/C10H18N2O3S/c1-10(2)7-16(14,15)12(9(10)13)8-3-5-11-6-4-8/h8,11H,3-7H2,1-2H3. The zero-order chi connectivity index (χ0) is 12.0. The highest BCUT2D eigenvalue weighted by Crippen LogP contribution is 2.34. The molecule has 0 spiro atoms. The van der Waals surface area contributed by atoms with Crippen LogP contribution in [0.2, 0.25) is 0 Å². The van der Waals surface area contributed by atoms with Gasteiger partial charge in [0, 0.05) is 0 Å². The molecule has 2 heterocycles. The maximum Gasteiger partial charge on any atom is 0.243 e. The van der Waals surface area contributed by atoms with Gasteiger partial charge < -0.3 is 5.32 Å². The van der Waals surface area contributed by atoms with E-state index in [9.17, 15) is 13.2 Å². The molecular weight excluding hydrogens is 228 g/mol. The van der Waals surface area contributed by atoms with E-state index >= 15 is 0 Å². The SMILES string of the molecule is CC1(C)CS(=O)(=O)N(C2CCNCC2)C1=O. The quantitative estimate of drug-likeness (QED) is 0.703. The molecule has 0 aliphatic carbocycles. The highest BCUT2D eigenvalue weighted by Gasteiger charge is 2.51. The second-order valence-corrected chi connectivity index (χ2v) is 7.07. The number of nitrogens with one attached hydrogen (secondary N) is 1. The molecule has 0 bridgehead atoms. The van der Waals surface area contributed by atoms with Crippen molar-refractivity contribution in [3.05, 3.63) is 0 Å².